The van der Waals surface area contributed by atoms with Gasteiger partial charge in [0.25, 0.3) is 0 Å². The van der Waals surface area contributed by atoms with Crippen LogP contribution in [0.15, 0.2) is 18.2 Å². The van der Waals surface area contributed by atoms with Gasteiger partial charge in [0, 0.05) is 43.5 Å². The molecule has 4 nitrogen and oxygen atoms in total. The van der Waals surface area contributed by atoms with Crippen molar-refractivity contribution in [3.8, 4) is 0 Å². The van der Waals surface area contributed by atoms with E-state index in [9.17, 15) is 4.79 Å². The number of anilines is 2. The average molecular weight is 332 g/mol. The van der Waals surface area contributed by atoms with Gasteiger partial charge in [-0.2, -0.15) is 0 Å². The Hall–Kier alpha value is -1.55. The van der Waals surface area contributed by atoms with Gasteiger partial charge >= 0.3 is 0 Å². The number of hydrogen-bond donors (Lipinski definition) is 2. The number of rotatable bonds is 8. The molecule has 0 atom stereocenters. The molecule has 0 aliphatic heterocycles. The van der Waals surface area contributed by atoms with E-state index in [1.165, 1.54) is 37.8 Å². The molecule has 0 radical (unpaired) electrons. The van der Waals surface area contributed by atoms with Crippen molar-refractivity contribution >= 4 is 17.3 Å². The second-order valence-electron chi connectivity index (χ2n) is 6.76. The summed E-state index contributed by atoms with van der Waals surface area (Å²) in [5.74, 6) is 0.0944. The number of carbonyl (C=O) groups excluding carboxylic acids is 1. The highest BCUT2D eigenvalue weighted by Crippen LogP contribution is 2.23. The van der Waals surface area contributed by atoms with Gasteiger partial charge in [-0.25, -0.2) is 0 Å². The molecular weight excluding hydrogens is 298 g/mol. The molecular formula is C20H33N3O. The van der Waals surface area contributed by atoms with Crippen LogP contribution in [0.2, 0.25) is 0 Å². The van der Waals surface area contributed by atoms with Crippen molar-refractivity contribution in [2.45, 2.75) is 65.3 Å². The zero-order valence-corrected chi connectivity index (χ0v) is 15.5. The van der Waals surface area contributed by atoms with E-state index in [4.69, 9.17) is 0 Å². The summed E-state index contributed by atoms with van der Waals surface area (Å²) >= 11 is 0. The van der Waals surface area contributed by atoms with Crippen molar-refractivity contribution in [3.63, 3.8) is 0 Å². The van der Waals surface area contributed by atoms with Gasteiger partial charge < -0.3 is 15.5 Å². The zero-order chi connectivity index (χ0) is 17.4. The number of benzene rings is 1. The van der Waals surface area contributed by atoms with Crippen LogP contribution in [0, 0.1) is 6.92 Å². The van der Waals surface area contributed by atoms with Crippen molar-refractivity contribution in [1.82, 2.24) is 5.32 Å². The van der Waals surface area contributed by atoms with Crippen LogP contribution in [-0.4, -0.2) is 31.6 Å². The summed E-state index contributed by atoms with van der Waals surface area (Å²) in [5, 5.41) is 6.58. The maximum Gasteiger partial charge on any atom is 0.225 e. The van der Waals surface area contributed by atoms with E-state index in [2.05, 4.69) is 48.4 Å². The normalized spacial score (nSPS) is 15.3. The topological polar surface area (TPSA) is 44.4 Å². The maximum atomic E-state index is 12.2. The van der Waals surface area contributed by atoms with Crippen molar-refractivity contribution in [2.24, 2.45) is 0 Å². The van der Waals surface area contributed by atoms with Gasteiger partial charge in [-0.3, -0.25) is 4.79 Å². The van der Waals surface area contributed by atoms with Crippen LogP contribution in [0.3, 0.4) is 0 Å². The predicted molar refractivity (Wildman–Crippen MR) is 103 cm³/mol. The molecule has 1 saturated carbocycles. The van der Waals surface area contributed by atoms with Crippen LogP contribution in [0.4, 0.5) is 11.4 Å². The Labute approximate surface area is 147 Å². The number of hydrogen-bond acceptors (Lipinski definition) is 3. The Kier molecular flexibility index (Phi) is 7.57. The minimum Gasteiger partial charge on any atom is -0.372 e. The molecule has 0 aromatic heterocycles. The molecule has 1 aromatic rings. The molecule has 0 unspecified atom stereocenters. The summed E-state index contributed by atoms with van der Waals surface area (Å²) in [6.45, 7) is 9.14. The first kappa shape index (κ1) is 18.8. The third kappa shape index (κ3) is 5.52. The standard InChI is InChI=1S/C20H33N3O/c1-4-23(5-2)18-11-12-19(16(3)15-18)22-20(24)13-14-21-17-9-7-6-8-10-17/h11-12,15,17,21H,4-10,13-14H2,1-3H3,(H,22,24). The lowest BCUT2D eigenvalue weighted by Gasteiger charge is -2.23. The van der Waals surface area contributed by atoms with Gasteiger partial charge in [-0.05, 0) is 57.4 Å². The highest BCUT2D eigenvalue weighted by Gasteiger charge is 2.13. The maximum absolute atomic E-state index is 12.2. The highest BCUT2D eigenvalue weighted by molar-refractivity contribution is 5.91. The fourth-order valence-electron chi connectivity index (χ4n) is 3.48. The second-order valence-corrected chi connectivity index (χ2v) is 6.76. The molecule has 0 saturated heterocycles. The average Bonchev–Trinajstić information content (AvgIpc) is 2.59. The van der Waals surface area contributed by atoms with Gasteiger partial charge in [-0.15, -0.1) is 0 Å². The van der Waals surface area contributed by atoms with Gasteiger partial charge in [0.15, 0.2) is 0 Å². The lowest BCUT2D eigenvalue weighted by Crippen LogP contribution is -2.33. The summed E-state index contributed by atoms with van der Waals surface area (Å²) < 4.78 is 0. The van der Waals surface area contributed by atoms with E-state index in [0.29, 0.717) is 12.5 Å². The van der Waals surface area contributed by atoms with E-state index in [0.717, 1.165) is 30.9 Å². The summed E-state index contributed by atoms with van der Waals surface area (Å²) in [4.78, 5) is 14.5. The number of nitrogens with zero attached hydrogens (tertiary/aromatic N) is 1. The van der Waals surface area contributed by atoms with Crippen molar-refractivity contribution < 1.29 is 4.79 Å². The first-order valence-corrected chi connectivity index (χ1v) is 9.52. The van der Waals surface area contributed by atoms with Crippen LogP contribution >= 0.6 is 0 Å². The molecule has 1 fully saturated rings. The van der Waals surface area contributed by atoms with Gasteiger partial charge in [0.2, 0.25) is 5.91 Å². The molecule has 2 N–H and O–H groups in total. The molecule has 0 bridgehead atoms. The highest BCUT2D eigenvalue weighted by atomic mass is 16.1. The van der Waals surface area contributed by atoms with E-state index in [1.807, 2.05) is 6.07 Å². The molecule has 4 heteroatoms. The van der Waals surface area contributed by atoms with Crippen LogP contribution in [0.1, 0.15) is 57.9 Å². The SMILES string of the molecule is CCN(CC)c1ccc(NC(=O)CCNC2CCCCC2)c(C)c1. The monoisotopic (exact) mass is 331 g/mol. The molecule has 1 amide bonds. The number of aryl methyl sites for hydroxylation is 1. The summed E-state index contributed by atoms with van der Waals surface area (Å²) in [6.07, 6.45) is 7.06. The largest absolute Gasteiger partial charge is 0.372 e. The van der Waals surface area contributed by atoms with Crippen molar-refractivity contribution in [1.29, 1.82) is 0 Å². The summed E-state index contributed by atoms with van der Waals surface area (Å²) in [6, 6.07) is 6.88. The molecule has 0 spiro atoms. The van der Waals surface area contributed by atoms with Crippen LogP contribution in [0.25, 0.3) is 0 Å². The van der Waals surface area contributed by atoms with E-state index in [-0.39, 0.29) is 5.91 Å². The Morgan fingerprint density at radius 3 is 2.50 bits per heavy atom. The predicted octanol–water partition coefficient (Wildman–Crippen LogP) is 4.09. The minimum atomic E-state index is 0.0944. The number of amides is 1. The first-order valence-electron chi connectivity index (χ1n) is 9.52. The van der Waals surface area contributed by atoms with Crippen molar-refractivity contribution in [2.75, 3.05) is 29.9 Å². The second kappa shape index (κ2) is 9.67. The number of nitrogens with one attached hydrogen (secondary N) is 2. The van der Waals surface area contributed by atoms with E-state index in [1.54, 1.807) is 0 Å². The molecule has 24 heavy (non-hydrogen) atoms. The fraction of sp³-hybridized carbons (Fsp3) is 0.650. The van der Waals surface area contributed by atoms with Gasteiger partial charge in [0.1, 0.15) is 0 Å². The Morgan fingerprint density at radius 1 is 1.17 bits per heavy atom. The van der Waals surface area contributed by atoms with Gasteiger partial charge in [-0.1, -0.05) is 19.3 Å². The quantitative estimate of drug-likeness (QED) is 0.754. The Balaban J connectivity index is 1.80. The van der Waals surface area contributed by atoms with Crippen LogP contribution in [-0.2, 0) is 4.79 Å². The Bertz CT molecular complexity index is 520. The minimum absolute atomic E-state index is 0.0944. The molecule has 134 valence electrons. The molecule has 0 heterocycles. The third-order valence-corrected chi connectivity index (χ3v) is 5.00. The molecule has 1 aliphatic rings. The summed E-state index contributed by atoms with van der Waals surface area (Å²) in [7, 11) is 0. The smallest absolute Gasteiger partial charge is 0.225 e. The molecule has 2 rings (SSSR count). The van der Waals surface area contributed by atoms with Crippen molar-refractivity contribution in [3.05, 3.63) is 23.8 Å². The molecule has 1 aromatic carbocycles. The lowest BCUT2D eigenvalue weighted by atomic mass is 9.95. The summed E-state index contributed by atoms with van der Waals surface area (Å²) in [5.41, 5.74) is 3.26. The fourth-order valence-corrected chi connectivity index (χ4v) is 3.48. The van der Waals surface area contributed by atoms with E-state index < -0.39 is 0 Å². The van der Waals surface area contributed by atoms with Crippen LogP contribution in [0.5, 0.6) is 0 Å². The van der Waals surface area contributed by atoms with E-state index >= 15 is 0 Å². The third-order valence-electron chi connectivity index (χ3n) is 5.00. The van der Waals surface area contributed by atoms with Gasteiger partial charge in [0.05, 0.1) is 0 Å². The molecule has 1 aliphatic carbocycles. The Morgan fingerprint density at radius 2 is 1.88 bits per heavy atom. The first-order chi connectivity index (χ1) is 11.6. The zero-order valence-electron chi connectivity index (χ0n) is 15.5. The number of carbonyl (C=O) groups is 1. The van der Waals surface area contributed by atoms with Crippen LogP contribution < -0.4 is 15.5 Å². The lowest BCUT2D eigenvalue weighted by molar-refractivity contribution is -0.116.